The Balaban J connectivity index is 1.55. The molecule has 1 saturated heterocycles. The number of nitrogens with zero attached hydrogens (tertiary/aromatic N) is 3. The standard InChI is InChI=1S/C16H26N4/c1-19-9-8-13(11-19)12-20(2)16-5-3-4-15(18-16)10-17-14-6-7-14/h3-5,13-14,17H,6-12H2,1-2H3. The Hall–Kier alpha value is -1.13. The Bertz CT molecular complexity index is 444. The lowest BCUT2D eigenvalue weighted by Crippen LogP contribution is -2.28. The molecule has 1 atom stereocenters. The first kappa shape index (κ1) is 13.8. The third-order valence-electron chi connectivity index (χ3n) is 4.35. The van der Waals surface area contributed by atoms with Gasteiger partial charge < -0.3 is 15.1 Å². The van der Waals surface area contributed by atoms with Gasteiger partial charge in [-0.05, 0) is 50.9 Å². The van der Waals surface area contributed by atoms with E-state index >= 15 is 0 Å². The zero-order valence-corrected chi connectivity index (χ0v) is 12.7. The maximum absolute atomic E-state index is 4.78. The topological polar surface area (TPSA) is 31.4 Å². The van der Waals surface area contributed by atoms with E-state index in [1.807, 2.05) is 0 Å². The van der Waals surface area contributed by atoms with E-state index < -0.39 is 0 Å². The molecule has 0 radical (unpaired) electrons. The van der Waals surface area contributed by atoms with E-state index in [2.05, 4.69) is 47.4 Å². The SMILES string of the molecule is CN1CCC(CN(C)c2cccc(CNC3CC3)n2)C1. The second-order valence-electron chi connectivity index (χ2n) is 6.44. The molecule has 1 aliphatic heterocycles. The molecule has 0 aromatic carbocycles. The molecule has 2 fully saturated rings. The molecule has 2 heterocycles. The van der Waals surface area contributed by atoms with Crippen LogP contribution in [0.15, 0.2) is 18.2 Å². The lowest BCUT2D eigenvalue weighted by molar-refractivity contribution is 0.395. The second-order valence-corrected chi connectivity index (χ2v) is 6.44. The Kier molecular flexibility index (Phi) is 4.22. The van der Waals surface area contributed by atoms with Gasteiger partial charge in [0.05, 0.1) is 5.69 Å². The van der Waals surface area contributed by atoms with Crippen LogP contribution >= 0.6 is 0 Å². The highest BCUT2D eigenvalue weighted by Gasteiger charge is 2.22. The third-order valence-corrected chi connectivity index (χ3v) is 4.35. The van der Waals surface area contributed by atoms with Crippen molar-refractivity contribution in [2.75, 3.05) is 38.6 Å². The van der Waals surface area contributed by atoms with Crippen LogP contribution in [0, 0.1) is 5.92 Å². The summed E-state index contributed by atoms with van der Waals surface area (Å²) in [6.07, 6.45) is 3.97. The number of anilines is 1. The first-order chi connectivity index (χ1) is 9.70. The highest BCUT2D eigenvalue weighted by atomic mass is 15.2. The van der Waals surface area contributed by atoms with Gasteiger partial charge in [-0.15, -0.1) is 0 Å². The van der Waals surface area contributed by atoms with Crippen molar-refractivity contribution in [3.8, 4) is 0 Å². The lowest BCUT2D eigenvalue weighted by atomic mass is 10.1. The van der Waals surface area contributed by atoms with E-state index in [1.54, 1.807) is 0 Å². The maximum Gasteiger partial charge on any atom is 0.128 e. The maximum atomic E-state index is 4.78. The van der Waals surface area contributed by atoms with Gasteiger partial charge >= 0.3 is 0 Å². The number of hydrogen-bond acceptors (Lipinski definition) is 4. The molecule has 0 spiro atoms. The van der Waals surface area contributed by atoms with Crippen LogP contribution in [0.4, 0.5) is 5.82 Å². The van der Waals surface area contributed by atoms with E-state index in [0.29, 0.717) is 0 Å². The average Bonchev–Trinajstić information content (AvgIpc) is 3.19. The van der Waals surface area contributed by atoms with E-state index in [9.17, 15) is 0 Å². The summed E-state index contributed by atoms with van der Waals surface area (Å²) >= 11 is 0. The largest absolute Gasteiger partial charge is 0.359 e. The summed E-state index contributed by atoms with van der Waals surface area (Å²) < 4.78 is 0. The van der Waals surface area contributed by atoms with Crippen LogP contribution in [-0.2, 0) is 6.54 Å². The molecule has 1 N–H and O–H groups in total. The average molecular weight is 274 g/mol. The Morgan fingerprint density at radius 1 is 1.35 bits per heavy atom. The number of nitrogens with one attached hydrogen (secondary N) is 1. The number of aromatic nitrogens is 1. The fourth-order valence-electron chi connectivity index (χ4n) is 2.97. The molecule has 1 aromatic heterocycles. The van der Waals surface area contributed by atoms with Crippen LogP contribution in [-0.4, -0.2) is 49.7 Å². The molecule has 110 valence electrons. The molecule has 2 aliphatic rings. The van der Waals surface area contributed by atoms with Crippen LogP contribution < -0.4 is 10.2 Å². The summed E-state index contributed by atoms with van der Waals surface area (Å²) in [6.45, 7) is 4.46. The van der Waals surface area contributed by atoms with Gasteiger partial charge in [0.2, 0.25) is 0 Å². The molecule has 20 heavy (non-hydrogen) atoms. The van der Waals surface area contributed by atoms with Crippen molar-refractivity contribution in [1.29, 1.82) is 0 Å². The fourth-order valence-corrected chi connectivity index (χ4v) is 2.97. The van der Waals surface area contributed by atoms with E-state index in [0.717, 1.165) is 36.6 Å². The third kappa shape index (κ3) is 3.70. The summed E-state index contributed by atoms with van der Waals surface area (Å²) in [5.74, 6) is 1.88. The van der Waals surface area contributed by atoms with Crippen molar-refractivity contribution >= 4 is 5.82 Å². The minimum absolute atomic E-state index is 0.743. The molecule has 0 bridgehead atoms. The van der Waals surface area contributed by atoms with Crippen molar-refractivity contribution in [3.05, 3.63) is 23.9 Å². The van der Waals surface area contributed by atoms with Crippen LogP contribution in [0.1, 0.15) is 25.0 Å². The van der Waals surface area contributed by atoms with E-state index in [4.69, 9.17) is 4.98 Å². The molecular weight excluding hydrogens is 248 g/mol. The van der Waals surface area contributed by atoms with Crippen molar-refractivity contribution in [3.63, 3.8) is 0 Å². The summed E-state index contributed by atoms with van der Waals surface area (Å²) in [5.41, 5.74) is 1.16. The van der Waals surface area contributed by atoms with E-state index in [1.165, 1.54) is 32.4 Å². The number of likely N-dealkylation sites (tertiary alicyclic amines) is 1. The molecule has 4 nitrogen and oxygen atoms in total. The molecule has 0 amide bonds. The van der Waals surface area contributed by atoms with Crippen molar-refractivity contribution < 1.29 is 0 Å². The van der Waals surface area contributed by atoms with Gasteiger partial charge in [-0.2, -0.15) is 0 Å². The van der Waals surface area contributed by atoms with Gasteiger partial charge in [0.1, 0.15) is 5.82 Å². The quantitative estimate of drug-likeness (QED) is 0.856. The van der Waals surface area contributed by atoms with Crippen molar-refractivity contribution in [2.24, 2.45) is 5.92 Å². The van der Waals surface area contributed by atoms with Crippen LogP contribution in [0.2, 0.25) is 0 Å². The predicted molar refractivity (Wildman–Crippen MR) is 83.0 cm³/mol. The minimum Gasteiger partial charge on any atom is -0.359 e. The Morgan fingerprint density at radius 3 is 2.90 bits per heavy atom. The van der Waals surface area contributed by atoms with Crippen LogP contribution in [0.5, 0.6) is 0 Å². The Labute approximate surface area is 122 Å². The molecule has 1 aromatic rings. The van der Waals surface area contributed by atoms with Crippen molar-refractivity contribution in [1.82, 2.24) is 15.2 Å². The number of rotatable bonds is 6. The molecule has 3 rings (SSSR count). The van der Waals surface area contributed by atoms with E-state index in [-0.39, 0.29) is 0 Å². The van der Waals surface area contributed by atoms with Gasteiger partial charge in [-0.25, -0.2) is 4.98 Å². The van der Waals surface area contributed by atoms with Crippen LogP contribution in [0.25, 0.3) is 0 Å². The van der Waals surface area contributed by atoms with Gasteiger partial charge in [-0.3, -0.25) is 0 Å². The predicted octanol–water partition coefficient (Wildman–Crippen LogP) is 1.72. The number of pyridine rings is 1. The summed E-state index contributed by atoms with van der Waals surface area (Å²) in [6, 6.07) is 7.12. The second kappa shape index (κ2) is 6.10. The summed E-state index contributed by atoms with van der Waals surface area (Å²) in [7, 11) is 4.38. The zero-order valence-electron chi connectivity index (χ0n) is 12.7. The highest BCUT2D eigenvalue weighted by molar-refractivity contribution is 5.38. The van der Waals surface area contributed by atoms with Gasteiger partial charge in [0.15, 0.2) is 0 Å². The number of hydrogen-bond donors (Lipinski definition) is 1. The summed E-state index contributed by atoms with van der Waals surface area (Å²) in [4.78, 5) is 9.51. The highest BCUT2D eigenvalue weighted by Crippen LogP contribution is 2.20. The molecular formula is C16H26N4. The first-order valence-electron chi connectivity index (χ1n) is 7.79. The first-order valence-corrected chi connectivity index (χ1v) is 7.79. The van der Waals surface area contributed by atoms with Gasteiger partial charge in [0, 0.05) is 32.7 Å². The van der Waals surface area contributed by atoms with Crippen LogP contribution in [0.3, 0.4) is 0 Å². The molecule has 4 heteroatoms. The zero-order chi connectivity index (χ0) is 13.9. The Morgan fingerprint density at radius 2 is 2.20 bits per heavy atom. The fraction of sp³-hybridized carbons (Fsp3) is 0.688. The lowest BCUT2D eigenvalue weighted by Gasteiger charge is -2.22. The molecule has 1 saturated carbocycles. The summed E-state index contributed by atoms with van der Waals surface area (Å²) in [5, 5.41) is 3.53. The monoisotopic (exact) mass is 274 g/mol. The molecule has 1 unspecified atom stereocenters. The minimum atomic E-state index is 0.743. The molecule has 1 aliphatic carbocycles. The van der Waals surface area contributed by atoms with Crippen molar-refractivity contribution in [2.45, 2.75) is 31.8 Å². The van der Waals surface area contributed by atoms with Gasteiger partial charge in [-0.1, -0.05) is 6.07 Å². The smallest absolute Gasteiger partial charge is 0.128 e. The van der Waals surface area contributed by atoms with Gasteiger partial charge in [0.25, 0.3) is 0 Å². The normalized spacial score (nSPS) is 23.2.